The molecule has 0 radical (unpaired) electrons. The van der Waals surface area contributed by atoms with E-state index >= 15 is 0 Å². The van der Waals surface area contributed by atoms with Crippen LogP contribution in [0.4, 0.5) is 8.78 Å². The Kier molecular flexibility index (Phi) is 4.60. The Morgan fingerprint density at radius 1 is 1.43 bits per heavy atom. The van der Waals surface area contributed by atoms with Gasteiger partial charge in [-0.1, -0.05) is 32.1 Å². The lowest BCUT2D eigenvalue weighted by atomic mass is 9.86. The molecule has 0 aromatic carbocycles. The molecular formula is C14H21F2N3OS. The molecule has 1 heterocycles. The first-order valence-corrected chi connectivity index (χ1v) is 7.97. The Bertz CT molecular complexity index is 511. The quantitative estimate of drug-likeness (QED) is 0.931. The number of halogens is 2. The smallest absolute Gasteiger partial charge is 0.248 e. The van der Waals surface area contributed by atoms with Crippen molar-refractivity contribution in [3.05, 3.63) is 10.0 Å². The van der Waals surface area contributed by atoms with E-state index in [0.29, 0.717) is 17.8 Å². The maximum Gasteiger partial charge on any atom is 0.248 e. The second-order valence-electron chi connectivity index (χ2n) is 6.62. The minimum absolute atomic E-state index is 0.0780. The van der Waals surface area contributed by atoms with Crippen molar-refractivity contribution >= 4 is 17.2 Å². The monoisotopic (exact) mass is 317 g/mol. The molecule has 7 heteroatoms. The van der Waals surface area contributed by atoms with Gasteiger partial charge in [-0.2, -0.15) is 0 Å². The molecule has 1 aliphatic carbocycles. The Balaban J connectivity index is 1.88. The lowest BCUT2D eigenvalue weighted by Crippen LogP contribution is -2.37. The third-order valence-corrected chi connectivity index (χ3v) is 4.88. The number of aromatic nitrogens is 2. The van der Waals surface area contributed by atoms with Gasteiger partial charge >= 0.3 is 0 Å². The van der Waals surface area contributed by atoms with Crippen LogP contribution in [0.2, 0.25) is 0 Å². The molecule has 0 saturated heterocycles. The summed E-state index contributed by atoms with van der Waals surface area (Å²) >= 11 is 1.44. The van der Waals surface area contributed by atoms with Crippen molar-refractivity contribution in [2.45, 2.75) is 64.3 Å². The van der Waals surface area contributed by atoms with Crippen molar-refractivity contribution in [3.63, 3.8) is 0 Å². The van der Waals surface area contributed by atoms with E-state index in [1.54, 1.807) is 0 Å². The molecule has 0 aliphatic heterocycles. The van der Waals surface area contributed by atoms with Gasteiger partial charge < -0.3 is 5.32 Å². The van der Waals surface area contributed by atoms with E-state index < -0.39 is 11.8 Å². The van der Waals surface area contributed by atoms with Crippen molar-refractivity contribution in [3.8, 4) is 0 Å². The Labute approximate surface area is 127 Å². The van der Waals surface area contributed by atoms with Gasteiger partial charge in [0.15, 0.2) is 0 Å². The van der Waals surface area contributed by atoms with E-state index in [0.717, 1.165) is 5.01 Å². The normalized spacial score (nSPS) is 22.0. The van der Waals surface area contributed by atoms with Crippen LogP contribution >= 0.6 is 11.3 Å². The first kappa shape index (κ1) is 16.3. The summed E-state index contributed by atoms with van der Waals surface area (Å²) in [7, 11) is 0. The molecule has 1 aromatic heterocycles. The van der Waals surface area contributed by atoms with Gasteiger partial charge in [0.25, 0.3) is 0 Å². The zero-order valence-corrected chi connectivity index (χ0v) is 13.4. The fourth-order valence-corrected chi connectivity index (χ4v) is 3.17. The number of carbonyl (C=O) groups excluding carboxylic acids is 1. The highest BCUT2D eigenvalue weighted by Crippen LogP contribution is 2.36. The van der Waals surface area contributed by atoms with Gasteiger partial charge in [0.2, 0.25) is 11.8 Å². The number of nitrogens with zero attached hydrogens (tertiary/aromatic N) is 2. The largest absolute Gasteiger partial charge is 0.349 e. The van der Waals surface area contributed by atoms with Crippen LogP contribution in [-0.4, -0.2) is 22.0 Å². The van der Waals surface area contributed by atoms with E-state index in [1.807, 2.05) is 20.8 Å². The number of rotatable bonds is 3. The van der Waals surface area contributed by atoms with Crippen molar-refractivity contribution < 1.29 is 13.6 Å². The Morgan fingerprint density at radius 3 is 2.71 bits per heavy atom. The molecular weight excluding hydrogens is 296 g/mol. The second kappa shape index (κ2) is 5.94. The molecule has 1 aliphatic rings. The average Bonchev–Trinajstić information content (AvgIpc) is 2.83. The first-order chi connectivity index (χ1) is 9.67. The minimum atomic E-state index is -2.71. The number of hydrogen-bond donors (Lipinski definition) is 1. The summed E-state index contributed by atoms with van der Waals surface area (Å²) in [5.41, 5.74) is -0.0780. The third kappa shape index (κ3) is 4.43. The van der Waals surface area contributed by atoms with Crippen LogP contribution < -0.4 is 5.32 Å². The molecule has 1 N–H and O–H groups in total. The molecule has 0 bridgehead atoms. The van der Waals surface area contributed by atoms with Gasteiger partial charge in [0.1, 0.15) is 10.0 Å². The lowest BCUT2D eigenvalue weighted by molar-refractivity contribution is -0.132. The van der Waals surface area contributed by atoms with Crippen LogP contribution in [0.1, 0.15) is 56.5 Å². The van der Waals surface area contributed by atoms with Gasteiger partial charge in [-0.3, -0.25) is 4.79 Å². The van der Waals surface area contributed by atoms with Gasteiger partial charge in [-0.25, -0.2) is 8.78 Å². The minimum Gasteiger partial charge on any atom is -0.349 e. The summed E-state index contributed by atoms with van der Waals surface area (Å²) in [4.78, 5) is 12.0. The zero-order chi connectivity index (χ0) is 15.7. The molecule has 118 valence electrons. The average molecular weight is 317 g/mol. The van der Waals surface area contributed by atoms with Crippen LogP contribution in [-0.2, 0) is 16.8 Å². The SMILES string of the molecule is CC(C)(C)c1nnc(CNC(=O)C2CCCC(F)(F)C2)s1. The van der Waals surface area contributed by atoms with E-state index in [1.165, 1.54) is 11.3 Å². The predicted molar refractivity (Wildman–Crippen MR) is 77.4 cm³/mol. The van der Waals surface area contributed by atoms with E-state index in [4.69, 9.17) is 0 Å². The van der Waals surface area contributed by atoms with Crippen LogP contribution in [0.5, 0.6) is 0 Å². The van der Waals surface area contributed by atoms with Crippen LogP contribution in [0.25, 0.3) is 0 Å². The number of alkyl halides is 2. The van der Waals surface area contributed by atoms with E-state index in [9.17, 15) is 13.6 Å². The summed E-state index contributed by atoms with van der Waals surface area (Å²) in [6, 6.07) is 0. The summed E-state index contributed by atoms with van der Waals surface area (Å²) in [5, 5.41) is 12.4. The molecule has 1 atom stereocenters. The molecule has 1 fully saturated rings. The number of amides is 1. The highest BCUT2D eigenvalue weighted by Gasteiger charge is 2.39. The molecule has 21 heavy (non-hydrogen) atoms. The lowest BCUT2D eigenvalue weighted by Gasteiger charge is -2.27. The number of hydrogen-bond acceptors (Lipinski definition) is 4. The zero-order valence-electron chi connectivity index (χ0n) is 12.6. The third-order valence-electron chi connectivity index (χ3n) is 3.53. The Morgan fingerprint density at radius 2 is 2.14 bits per heavy atom. The van der Waals surface area contributed by atoms with Gasteiger partial charge in [-0.05, 0) is 12.8 Å². The molecule has 1 unspecified atom stereocenters. The Hall–Kier alpha value is -1.11. The highest BCUT2D eigenvalue weighted by molar-refractivity contribution is 7.11. The van der Waals surface area contributed by atoms with Crippen LogP contribution in [0.15, 0.2) is 0 Å². The highest BCUT2D eigenvalue weighted by atomic mass is 32.1. The summed E-state index contributed by atoms with van der Waals surface area (Å²) in [6.07, 6.45) is 0.479. The molecule has 1 aromatic rings. The standard InChI is InChI=1S/C14H21F2N3OS/c1-13(2,3)12-19-18-10(21-12)8-17-11(20)9-5-4-6-14(15,16)7-9/h9H,4-8H2,1-3H3,(H,17,20). The summed E-state index contributed by atoms with van der Waals surface area (Å²) in [5.74, 6) is -3.60. The second-order valence-corrected chi connectivity index (χ2v) is 7.68. The number of carbonyl (C=O) groups is 1. The molecule has 2 rings (SSSR count). The first-order valence-electron chi connectivity index (χ1n) is 7.16. The van der Waals surface area contributed by atoms with Gasteiger partial charge in [-0.15, -0.1) is 10.2 Å². The fourth-order valence-electron chi connectivity index (χ4n) is 2.33. The number of nitrogens with one attached hydrogen (secondary N) is 1. The topological polar surface area (TPSA) is 54.9 Å². The molecule has 1 saturated carbocycles. The molecule has 1 amide bonds. The molecule has 4 nitrogen and oxygen atoms in total. The fraction of sp³-hybridized carbons (Fsp3) is 0.786. The molecule has 0 spiro atoms. The van der Waals surface area contributed by atoms with Gasteiger partial charge in [0.05, 0.1) is 6.54 Å². The maximum atomic E-state index is 13.3. The van der Waals surface area contributed by atoms with E-state index in [-0.39, 0.29) is 30.7 Å². The van der Waals surface area contributed by atoms with Crippen LogP contribution in [0, 0.1) is 5.92 Å². The van der Waals surface area contributed by atoms with Crippen LogP contribution in [0.3, 0.4) is 0 Å². The maximum absolute atomic E-state index is 13.3. The van der Waals surface area contributed by atoms with Crippen molar-refractivity contribution in [1.29, 1.82) is 0 Å². The van der Waals surface area contributed by atoms with E-state index in [2.05, 4.69) is 15.5 Å². The van der Waals surface area contributed by atoms with Crippen molar-refractivity contribution in [2.75, 3.05) is 0 Å². The summed E-state index contributed by atoms with van der Waals surface area (Å²) in [6.45, 7) is 6.38. The van der Waals surface area contributed by atoms with Crippen molar-refractivity contribution in [1.82, 2.24) is 15.5 Å². The predicted octanol–water partition coefficient (Wildman–Crippen LogP) is 3.28. The summed E-state index contributed by atoms with van der Waals surface area (Å²) < 4.78 is 26.6. The van der Waals surface area contributed by atoms with Crippen molar-refractivity contribution in [2.24, 2.45) is 5.92 Å². The van der Waals surface area contributed by atoms with Gasteiger partial charge in [0, 0.05) is 24.2 Å².